The number of fused-ring (bicyclic) bond motifs is 9. The first kappa shape index (κ1) is 41.2. The normalized spacial score (nSPS) is 11.8. The lowest BCUT2D eigenvalue weighted by Crippen LogP contribution is -1.93. The highest BCUT2D eigenvalue weighted by atomic mass is 16.3. The van der Waals surface area contributed by atoms with Crippen LogP contribution in [0.15, 0.2) is 271 Å². The van der Waals surface area contributed by atoms with Crippen molar-refractivity contribution in [2.24, 2.45) is 0 Å². The first-order valence-corrected chi connectivity index (χ1v) is 25.2. The minimum atomic E-state index is 0.870. The summed E-state index contributed by atoms with van der Waals surface area (Å²) in [5.74, 6) is 0. The summed E-state index contributed by atoms with van der Waals surface area (Å²) in [5.41, 5.74) is 16.4. The smallest absolute Gasteiger partial charge is 0.136 e. The molecule has 0 aliphatic heterocycles. The van der Waals surface area contributed by atoms with Crippen molar-refractivity contribution >= 4 is 86.6 Å². The van der Waals surface area contributed by atoms with Crippen LogP contribution in [0.4, 0.5) is 0 Å². The fourth-order valence-corrected chi connectivity index (χ4v) is 12.4. The molecule has 0 aliphatic carbocycles. The molecule has 0 fully saturated rings. The molecule has 0 atom stereocenters. The molecular formula is C72H44O. The van der Waals surface area contributed by atoms with Crippen molar-refractivity contribution in [1.82, 2.24) is 0 Å². The summed E-state index contributed by atoms with van der Waals surface area (Å²) in [4.78, 5) is 0. The lowest BCUT2D eigenvalue weighted by Gasteiger charge is -2.20. The van der Waals surface area contributed by atoms with Crippen molar-refractivity contribution in [2.75, 3.05) is 0 Å². The summed E-state index contributed by atoms with van der Waals surface area (Å²) in [5, 5.41) is 17.0. The number of hydrogen-bond donors (Lipinski definition) is 0. The number of furan rings is 1. The lowest BCUT2D eigenvalue weighted by molar-refractivity contribution is 0.669. The van der Waals surface area contributed by atoms with Crippen LogP contribution in [-0.4, -0.2) is 0 Å². The average molecular weight is 925 g/mol. The van der Waals surface area contributed by atoms with E-state index in [1.807, 2.05) is 0 Å². The van der Waals surface area contributed by atoms with E-state index in [1.54, 1.807) is 0 Å². The minimum absolute atomic E-state index is 0.870. The Bertz CT molecular complexity index is 4600. The van der Waals surface area contributed by atoms with Crippen LogP contribution in [0.1, 0.15) is 0 Å². The average Bonchev–Trinajstić information content (AvgIpc) is 3.84. The van der Waals surface area contributed by atoms with E-state index in [0.29, 0.717) is 0 Å². The molecule has 0 saturated carbocycles. The first-order valence-electron chi connectivity index (χ1n) is 25.2. The second kappa shape index (κ2) is 16.5. The maximum absolute atomic E-state index is 7.00. The minimum Gasteiger partial charge on any atom is -0.456 e. The van der Waals surface area contributed by atoms with Crippen LogP contribution in [-0.2, 0) is 0 Å². The summed E-state index contributed by atoms with van der Waals surface area (Å²) in [6.45, 7) is 0. The van der Waals surface area contributed by atoms with Crippen molar-refractivity contribution in [1.29, 1.82) is 0 Å². The Morgan fingerprint density at radius 3 is 0.945 bits per heavy atom. The molecule has 0 amide bonds. The number of benzene rings is 14. The summed E-state index contributed by atoms with van der Waals surface area (Å²) >= 11 is 0. The Balaban J connectivity index is 0.928. The van der Waals surface area contributed by atoms with Crippen LogP contribution in [0.2, 0.25) is 0 Å². The predicted octanol–water partition coefficient (Wildman–Crippen LogP) is 20.5. The molecule has 0 radical (unpaired) electrons. The number of hydrogen-bond acceptors (Lipinski definition) is 1. The monoisotopic (exact) mass is 924 g/mol. The van der Waals surface area contributed by atoms with Crippen molar-refractivity contribution in [3.63, 3.8) is 0 Å². The molecule has 1 heterocycles. The molecule has 15 aromatic rings. The largest absolute Gasteiger partial charge is 0.456 e. The van der Waals surface area contributed by atoms with Gasteiger partial charge in [-0.05, 0) is 150 Å². The van der Waals surface area contributed by atoms with Crippen molar-refractivity contribution in [3.05, 3.63) is 267 Å². The van der Waals surface area contributed by atoms with Gasteiger partial charge in [-0.3, -0.25) is 0 Å². The SMILES string of the molecule is c1ccc(-c2ccc(-c3c4ccccc4c(-c4ccc5c(c4)oc4cccc(-c6c7ccccc7c(-c7ccc(-c8ccccc8)c8ccccc78)c7ccccc67)c45)c4ccccc34)c3ccccc23)cc1. The molecule has 0 saturated heterocycles. The Kier molecular flexibility index (Phi) is 9.33. The molecular weight excluding hydrogens is 881 g/mol. The summed E-state index contributed by atoms with van der Waals surface area (Å²) in [6.07, 6.45) is 0. The topological polar surface area (TPSA) is 13.1 Å². The van der Waals surface area contributed by atoms with Gasteiger partial charge in [0.25, 0.3) is 0 Å². The molecule has 1 nitrogen and oxygen atoms in total. The fraction of sp³-hybridized carbons (Fsp3) is 0. The Morgan fingerprint density at radius 1 is 0.178 bits per heavy atom. The van der Waals surface area contributed by atoms with Crippen LogP contribution in [0.3, 0.4) is 0 Å². The zero-order valence-electron chi connectivity index (χ0n) is 39.8. The van der Waals surface area contributed by atoms with Gasteiger partial charge in [-0.1, -0.05) is 249 Å². The van der Waals surface area contributed by atoms with Crippen LogP contribution in [0.25, 0.3) is 153 Å². The van der Waals surface area contributed by atoms with E-state index in [-0.39, 0.29) is 0 Å². The van der Waals surface area contributed by atoms with E-state index in [4.69, 9.17) is 4.42 Å². The van der Waals surface area contributed by atoms with Gasteiger partial charge in [-0.15, -0.1) is 0 Å². The van der Waals surface area contributed by atoms with E-state index < -0.39 is 0 Å². The van der Waals surface area contributed by atoms with Crippen LogP contribution >= 0.6 is 0 Å². The molecule has 0 N–H and O–H groups in total. The molecule has 0 unspecified atom stereocenters. The third kappa shape index (κ3) is 6.36. The third-order valence-corrected chi connectivity index (χ3v) is 15.5. The van der Waals surface area contributed by atoms with Gasteiger partial charge in [0.15, 0.2) is 0 Å². The molecule has 73 heavy (non-hydrogen) atoms. The Morgan fingerprint density at radius 2 is 0.521 bits per heavy atom. The molecule has 338 valence electrons. The van der Waals surface area contributed by atoms with E-state index in [1.165, 1.54) is 120 Å². The predicted molar refractivity (Wildman–Crippen MR) is 311 cm³/mol. The van der Waals surface area contributed by atoms with Gasteiger partial charge in [0, 0.05) is 10.8 Å². The molecule has 0 spiro atoms. The molecule has 1 heteroatoms. The third-order valence-electron chi connectivity index (χ3n) is 15.5. The van der Waals surface area contributed by atoms with Gasteiger partial charge in [-0.25, -0.2) is 0 Å². The highest BCUT2D eigenvalue weighted by Crippen LogP contribution is 2.51. The Hall–Kier alpha value is -9.56. The van der Waals surface area contributed by atoms with Gasteiger partial charge in [0.1, 0.15) is 11.2 Å². The lowest BCUT2D eigenvalue weighted by atomic mass is 9.83. The Labute approximate surface area is 422 Å². The first-order chi connectivity index (χ1) is 36.3. The summed E-state index contributed by atoms with van der Waals surface area (Å²) in [7, 11) is 0. The van der Waals surface area contributed by atoms with E-state index in [2.05, 4.69) is 267 Å². The van der Waals surface area contributed by atoms with Gasteiger partial charge >= 0.3 is 0 Å². The number of rotatable bonds is 6. The molecule has 14 aromatic carbocycles. The zero-order valence-corrected chi connectivity index (χ0v) is 39.8. The summed E-state index contributed by atoms with van der Waals surface area (Å²) in [6, 6.07) is 97.8. The van der Waals surface area contributed by atoms with Crippen LogP contribution in [0.5, 0.6) is 0 Å². The second-order valence-electron chi connectivity index (χ2n) is 19.3. The van der Waals surface area contributed by atoms with Crippen LogP contribution < -0.4 is 0 Å². The summed E-state index contributed by atoms with van der Waals surface area (Å²) < 4.78 is 7.00. The molecule has 15 rings (SSSR count). The maximum atomic E-state index is 7.00. The molecule has 0 aliphatic rings. The van der Waals surface area contributed by atoms with E-state index in [9.17, 15) is 0 Å². The van der Waals surface area contributed by atoms with Crippen molar-refractivity contribution in [2.45, 2.75) is 0 Å². The quantitative estimate of drug-likeness (QED) is 0.151. The second-order valence-corrected chi connectivity index (χ2v) is 19.3. The van der Waals surface area contributed by atoms with E-state index >= 15 is 0 Å². The molecule has 0 bridgehead atoms. The van der Waals surface area contributed by atoms with E-state index in [0.717, 1.165) is 33.1 Å². The van der Waals surface area contributed by atoms with Crippen molar-refractivity contribution in [3.8, 4) is 66.8 Å². The zero-order chi connectivity index (χ0) is 48.0. The highest BCUT2D eigenvalue weighted by molar-refractivity contribution is 6.28. The van der Waals surface area contributed by atoms with Gasteiger partial charge < -0.3 is 4.42 Å². The highest BCUT2D eigenvalue weighted by Gasteiger charge is 2.24. The van der Waals surface area contributed by atoms with Gasteiger partial charge in [-0.2, -0.15) is 0 Å². The van der Waals surface area contributed by atoms with Gasteiger partial charge in [0.05, 0.1) is 0 Å². The maximum Gasteiger partial charge on any atom is 0.136 e. The van der Waals surface area contributed by atoms with Crippen molar-refractivity contribution < 1.29 is 4.42 Å². The molecule has 1 aromatic heterocycles. The van der Waals surface area contributed by atoms with Crippen LogP contribution in [0, 0.1) is 0 Å². The standard InChI is InChI=1S/C72H44O/c1-3-20-45(21-4-1)48-40-42-62(52-26-9-7-24-50(48)52)69-56-30-13-11-28-54(56)68(55-29-12-14-31-57(55)69)47-38-39-64-67(44-47)73-66-37-19-36-65(72(64)66)71-60-34-17-15-32-58(60)70(59-33-16-18-35-61(59)71)63-43-41-49(46-22-5-2-6-23-46)51-25-8-10-27-53(51)63/h1-44H. The van der Waals surface area contributed by atoms with Gasteiger partial charge in [0.2, 0.25) is 0 Å². The fourth-order valence-electron chi connectivity index (χ4n) is 12.4.